The summed E-state index contributed by atoms with van der Waals surface area (Å²) in [5, 5.41) is 6.80. The predicted octanol–water partition coefficient (Wildman–Crippen LogP) is 3.58. The minimum Gasteiger partial charge on any atom is -0.376 e. The van der Waals surface area contributed by atoms with E-state index in [1.165, 1.54) is 17.7 Å². The number of nitrogens with one attached hydrogen (secondary N) is 2. The highest BCUT2D eigenvalue weighted by molar-refractivity contribution is 6.04. The maximum absolute atomic E-state index is 12.7. The van der Waals surface area contributed by atoms with Crippen LogP contribution >= 0.6 is 0 Å². The zero-order valence-corrected chi connectivity index (χ0v) is 13.2. The molecule has 2 N–H and O–H groups in total. The van der Waals surface area contributed by atoms with Crippen LogP contribution in [0.2, 0.25) is 0 Å². The number of fused-ring (bicyclic) bond motifs is 1. The Morgan fingerprint density at radius 3 is 2.68 bits per heavy atom. The Morgan fingerprint density at radius 1 is 1.08 bits per heavy atom. The molecule has 0 fully saturated rings. The summed E-state index contributed by atoms with van der Waals surface area (Å²) < 4.78 is 38.0. The summed E-state index contributed by atoms with van der Waals surface area (Å²) in [7, 11) is 0. The van der Waals surface area contributed by atoms with Gasteiger partial charge in [-0.2, -0.15) is 18.3 Å². The smallest absolute Gasteiger partial charge is 0.376 e. The molecule has 0 aromatic heterocycles. The number of hydrazone groups is 1. The molecule has 0 radical (unpaired) electrons. The number of alkyl halides is 3. The molecule has 1 amide bonds. The van der Waals surface area contributed by atoms with E-state index < -0.39 is 17.6 Å². The third-order valence-electron chi connectivity index (χ3n) is 3.92. The fourth-order valence-electron chi connectivity index (χ4n) is 2.68. The highest BCUT2D eigenvalue weighted by Crippen LogP contribution is 2.30. The lowest BCUT2D eigenvalue weighted by atomic mass is 10.1. The standard InChI is InChI=1S/C18H16F3N3O/c19-18(20,21)13-5-3-6-14(10-13)22-11-17(25)24-23-16-9-8-12-4-1-2-7-15(12)16/h1-7,10,22H,8-9,11H2,(H,24,25). The van der Waals surface area contributed by atoms with Crippen LogP contribution < -0.4 is 10.7 Å². The molecule has 0 aliphatic heterocycles. The fourth-order valence-corrected chi connectivity index (χ4v) is 2.68. The Labute approximate surface area is 142 Å². The summed E-state index contributed by atoms with van der Waals surface area (Å²) in [4.78, 5) is 11.9. The van der Waals surface area contributed by atoms with Crippen LogP contribution in [-0.2, 0) is 17.4 Å². The highest BCUT2D eigenvalue weighted by Gasteiger charge is 2.30. The van der Waals surface area contributed by atoms with Crippen molar-refractivity contribution in [2.24, 2.45) is 5.10 Å². The Balaban J connectivity index is 1.57. The number of hydrogen-bond donors (Lipinski definition) is 2. The maximum atomic E-state index is 12.7. The molecule has 0 saturated heterocycles. The number of aryl methyl sites for hydroxylation is 1. The van der Waals surface area contributed by atoms with Gasteiger partial charge in [0.1, 0.15) is 0 Å². The van der Waals surface area contributed by atoms with Gasteiger partial charge in [-0.05, 0) is 36.6 Å². The van der Waals surface area contributed by atoms with Crippen LogP contribution in [0.25, 0.3) is 0 Å². The summed E-state index contributed by atoms with van der Waals surface area (Å²) in [6.07, 6.45) is -2.78. The van der Waals surface area contributed by atoms with Crippen molar-refractivity contribution in [2.45, 2.75) is 19.0 Å². The lowest BCUT2D eigenvalue weighted by molar-refractivity contribution is -0.137. The van der Waals surface area contributed by atoms with Crippen molar-refractivity contribution < 1.29 is 18.0 Å². The molecule has 7 heteroatoms. The van der Waals surface area contributed by atoms with Gasteiger partial charge < -0.3 is 5.32 Å². The Hall–Kier alpha value is -2.83. The number of carbonyl (C=O) groups excluding carboxylic acids is 1. The number of amides is 1. The molecule has 0 unspecified atom stereocenters. The third-order valence-corrected chi connectivity index (χ3v) is 3.92. The van der Waals surface area contributed by atoms with Crippen LogP contribution in [0.4, 0.5) is 18.9 Å². The van der Waals surface area contributed by atoms with E-state index in [4.69, 9.17) is 0 Å². The summed E-state index contributed by atoms with van der Waals surface area (Å²) in [6, 6.07) is 12.6. The van der Waals surface area contributed by atoms with Gasteiger partial charge in [0.2, 0.25) is 0 Å². The molecule has 1 aliphatic rings. The van der Waals surface area contributed by atoms with Gasteiger partial charge in [-0.25, -0.2) is 5.43 Å². The number of carbonyl (C=O) groups is 1. The van der Waals surface area contributed by atoms with Crippen molar-refractivity contribution >= 4 is 17.3 Å². The van der Waals surface area contributed by atoms with Crippen LogP contribution in [0.5, 0.6) is 0 Å². The predicted molar refractivity (Wildman–Crippen MR) is 89.4 cm³/mol. The van der Waals surface area contributed by atoms with Crippen LogP contribution in [0.15, 0.2) is 53.6 Å². The number of anilines is 1. The molecule has 0 heterocycles. The monoisotopic (exact) mass is 347 g/mol. The second-order valence-electron chi connectivity index (χ2n) is 5.68. The number of halogens is 3. The Bertz CT molecular complexity index is 815. The molecule has 130 valence electrons. The molecular formula is C18H16F3N3O. The molecule has 2 aromatic rings. The Kier molecular flexibility index (Phi) is 4.74. The molecule has 0 bridgehead atoms. The topological polar surface area (TPSA) is 53.5 Å². The molecule has 0 spiro atoms. The van der Waals surface area contributed by atoms with E-state index in [0.29, 0.717) is 0 Å². The number of hydrogen-bond acceptors (Lipinski definition) is 3. The van der Waals surface area contributed by atoms with E-state index in [-0.39, 0.29) is 12.2 Å². The quantitative estimate of drug-likeness (QED) is 0.831. The van der Waals surface area contributed by atoms with Gasteiger partial charge in [-0.15, -0.1) is 0 Å². The zero-order chi connectivity index (χ0) is 17.9. The summed E-state index contributed by atoms with van der Waals surface area (Å²) in [6.45, 7) is -0.167. The van der Waals surface area contributed by atoms with Gasteiger partial charge in [0, 0.05) is 11.3 Å². The first kappa shape index (κ1) is 17.0. The van der Waals surface area contributed by atoms with E-state index in [2.05, 4.69) is 15.8 Å². The van der Waals surface area contributed by atoms with Crippen LogP contribution in [0.1, 0.15) is 23.1 Å². The second kappa shape index (κ2) is 6.96. The van der Waals surface area contributed by atoms with Crippen molar-refractivity contribution in [3.8, 4) is 0 Å². The van der Waals surface area contributed by atoms with E-state index in [1.807, 2.05) is 24.3 Å². The molecule has 3 rings (SSSR count). The summed E-state index contributed by atoms with van der Waals surface area (Å²) in [5.41, 5.74) is 4.93. The van der Waals surface area contributed by atoms with Gasteiger partial charge in [0.05, 0.1) is 17.8 Å². The van der Waals surface area contributed by atoms with Crippen molar-refractivity contribution in [2.75, 3.05) is 11.9 Å². The highest BCUT2D eigenvalue weighted by atomic mass is 19.4. The lowest BCUT2D eigenvalue weighted by Gasteiger charge is -2.10. The van der Waals surface area contributed by atoms with Gasteiger partial charge in [-0.3, -0.25) is 4.79 Å². The van der Waals surface area contributed by atoms with Crippen LogP contribution in [0.3, 0.4) is 0 Å². The van der Waals surface area contributed by atoms with Gasteiger partial charge in [0.15, 0.2) is 0 Å². The minimum atomic E-state index is -4.41. The zero-order valence-electron chi connectivity index (χ0n) is 13.2. The number of nitrogens with zero attached hydrogens (tertiary/aromatic N) is 1. The van der Waals surface area contributed by atoms with Crippen molar-refractivity contribution in [1.82, 2.24) is 5.43 Å². The SMILES string of the molecule is O=C(CNc1cccc(C(F)(F)F)c1)NN=C1CCc2ccccc21. The van der Waals surface area contributed by atoms with Crippen molar-refractivity contribution in [1.29, 1.82) is 0 Å². The summed E-state index contributed by atoms with van der Waals surface area (Å²) >= 11 is 0. The fraction of sp³-hybridized carbons (Fsp3) is 0.222. The second-order valence-corrected chi connectivity index (χ2v) is 5.68. The van der Waals surface area contributed by atoms with Crippen LogP contribution in [-0.4, -0.2) is 18.2 Å². The van der Waals surface area contributed by atoms with Gasteiger partial charge >= 0.3 is 6.18 Å². The molecular weight excluding hydrogens is 331 g/mol. The van der Waals surface area contributed by atoms with E-state index in [0.717, 1.165) is 36.2 Å². The van der Waals surface area contributed by atoms with Crippen molar-refractivity contribution in [3.63, 3.8) is 0 Å². The number of rotatable bonds is 4. The molecule has 4 nitrogen and oxygen atoms in total. The Morgan fingerprint density at radius 2 is 1.88 bits per heavy atom. The molecule has 0 atom stereocenters. The first-order valence-electron chi connectivity index (χ1n) is 7.78. The first-order valence-corrected chi connectivity index (χ1v) is 7.78. The van der Waals surface area contributed by atoms with Crippen molar-refractivity contribution in [3.05, 3.63) is 65.2 Å². The van der Waals surface area contributed by atoms with Gasteiger partial charge in [0.25, 0.3) is 5.91 Å². The number of benzene rings is 2. The largest absolute Gasteiger partial charge is 0.416 e. The average Bonchev–Trinajstić information content (AvgIpc) is 3.01. The summed E-state index contributed by atoms with van der Waals surface area (Å²) in [5.74, 6) is -0.422. The van der Waals surface area contributed by atoms with E-state index >= 15 is 0 Å². The molecule has 1 aliphatic carbocycles. The molecule has 2 aromatic carbocycles. The average molecular weight is 347 g/mol. The molecule has 0 saturated carbocycles. The van der Waals surface area contributed by atoms with Gasteiger partial charge in [-0.1, -0.05) is 30.3 Å². The van der Waals surface area contributed by atoms with E-state index in [9.17, 15) is 18.0 Å². The molecule has 25 heavy (non-hydrogen) atoms. The first-order chi connectivity index (χ1) is 11.9. The maximum Gasteiger partial charge on any atom is 0.416 e. The normalized spacial score (nSPS) is 15.1. The lowest BCUT2D eigenvalue weighted by Crippen LogP contribution is -2.27. The third kappa shape index (κ3) is 4.17. The minimum absolute atomic E-state index is 0.167. The van der Waals surface area contributed by atoms with Crippen LogP contribution in [0, 0.1) is 0 Å². The van der Waals surface area contributed by atoms with E-state index in [1.54, 1.807) is 0 Å².